The molecule has 2 aromatic rings. The molecule has 21 heavy (non-hydrogen) atoms. The monoisotopic (exact) mass is 323 g/mol. The van der Waals surface area contributed by atoms with Crippen molar-refractivity contribution in [2.45, 2.75) is 45.2 Å². The first-order valence-corrected chi connectivity index (χ1v) is 8.21. The number of aryl methyl sites for hydroxylation is 2. The van der Waals surface area contributed by atoms with Gasteiger partial charge in [-0.05, 0) is 33.1 Å². The molecule has 0 amide bonds. The fourth-order valence-corrected chi connectivity index (χ4v) is 3.84. The van der Waals surface area contributed by atoms with Gasteiger partial charge in [0.25, 0.3) is 0 Å². The zero-order valence-electron chi connectivity index (χ0n) is 12.1. The topological polar surface area (TPSA) is 76.7 Å². The summed E-state index contributed by atoms with van der Waals surface area (Å²) in [7, 11) is 0. The summed E-state index contributed by atoms with van der Waals surface area (Å²) in [6.45, 7) is 3.95. The van der Waals surface area contributed by atoms with Crippen molar-refractivity contribution in [1.29, 1.82) is 0 Å². The molecule has 0 radical (unpaired) electrons. The van der Waals surface area contributed by atoms with Crippen LogP contribution in [0.5, 0.6) is 0 Å². The SMILES string of the molecule is Cc1nc(C)c(-c2nc(N[C@H]3CCC(N)C3)ncc2Cl)s1. The van der Waals surface area contributed by atoms with Crippen molar-refractivity contribution in [3.63, 3.8) is 0 Å². The lowest BCUT2D eigenvalue weighted by Gasteiger charge is -2.13. The van der Waals surface area contributed by atoms with Gasteiger partial charge in [0.15, 0.2) is 0 Å². The molecule has 0 spiro atoms. The van der Waals surface area contributed by atoms with Gasteiger partial charge in [-0.3, -0.25) is 0 Å². The van der Waals surface area contributed by atoms with E-state index in [0.29, 0.717) is 17.0 Å². The summed E-state index contributed by atoms with van der Waals surface area (Å²) in [5, 5.41) is 4.92. The van der Waals surface area contributed by atoms with E-state index < -0.39 is 0 Å². The van der Waals surface area contributed by atoms with E-state index in [-0.39, 0.29) is 6.04 Å². The molecule has 3 N–H and O–H groups in total. The molecule has 1 fully saturated rings. The normalized spacial score (nSPS) is 21.7. The highest BCUT2D eigenvalue weighted by molar-refractivity contribution is 7.15. The van der Waals surface area contributed by atoms with Gasteiger partial charge in [0.05, 0.1) is 26.8 Å². The third kappa shape index (κ3) is 3.17. The fourth-order valence-electron chi connectivity index (χ4n) is 2.68. The standard InChI is InChI=1S/C14H18ClN5S/c1-7-13(21-8(2)18-7)12-11(15)6-17-14(20-12)19-10-4-3-9(16)5-10/h6,9-10H,3-5,16H2,1-2H3,(H,17,19,20)/t9?,10-/m0/s1. The average molecular weight is 324 g/mol. The van der Waals surface area contributed by atoms with Gasteiger partial charge in [-0.25, -0.2) is 15.0 Å². The average Bonchev–Trinajstić information content (AvgIpc) is 2.98. The summed E-state index contributed by atoms with van der Waals surface area (Å²) in [6, 6.07) is 0.624. The molecule has 1 unspecified atom stereocenters. The Morgan fingerprint density at radius 1 is 1.33 bits per heavy atom. The highest BCUT2D eigenvalue weighted by Gasteiger charge is 2.23. The number of thiazole rings is 1. The third-order valence-electron chi connectivity index (χ3n) is 3.67. The molecular weight excluding hydrogens is 306 g/mol. The molecular formula is C14H18ClN5S. The summed E-state index contributed by atoms with van der Waals surface area (Å²) in [6.07, 6.45) is 4.71. The van der Waals surface area contributed by atoms with Gasteiger partial charge in [-0.2, -0.15) is 0 Å². The number of anilines is 1. The van der Waals surface area contributed by atoms with Gasteiger partial charge in [0, 0.05) is 12.1 Å². The fraction of sp³-hybridized carbons (Fsp3) is 0.500. The Bertz CT molecular complexity index is 657. The summed E-state index contributed by atoms with van der Waals surface area (Å²) in [5.74, 6) is 0.610. The van der Waals surface area contributed by atoms with Gasteiger partial charge in [-0.1, -0.05) is 11.6 Å². The van der Waals surface area contributed by atoms with Crippen molar-refractivity contribution in [2.75, 3.05) is 5.32 Å². The Balaban J connectivity index is 1.88. The van der Waals surface area contributed by atoms with E-state index in [1.54, 1.807) is 17.5 Å². The van der Waals surface area contributed by atoms with Gasteiger partial charge in [0.1, 0.15) is 5.69 Å². The first-order chi connectivity index (χ1) is 10.0. The van der Waals surface area contributed by atoms with Crippen LogP contribution in [-0.4, -0.2) is 27.0 Å². The number of hydrogen-bond donors (Lipinski definition) is 2. The predicted octanol–water partition coefficient (Wildman–Crippen LogP) is 3.16. The van der Waals surface area contributed by atoms with E-state index in [4.69, 9.17) is 17.3 Å². The molecule has 7 heteroatoms. The van der Waals surface area contributed by atoms with Crippen LogP contribution in [0.2, 0.25) is 5.02 Å². The van der Waals surface area contributed by atoms with Gasteiger partial charge < -0.3 is 11.1 Å². The van der Waals surface area contributed by atoms with E-state index in [0.717, 1.165) is 40.5 Å². The van der Waals surface area contributed by atoms with Crippen LogP contribution in [0.1, 0.15) is 30.0 Å². The van der Waals surface area contributed by atoms with Crippen LogP contribution in [0, 0.1) is 13.8 Å². The first-order valence-electron chi connectivity index (χ1n) is 7.02. The Morgan fingerprint density at radius 2 is 2.14 bits per heavy atom. The zero-order valence-corrected chi connectivity index (χ0v) is 13.6. The summed E-state index contributed by atoms with van der Waals surface area (Å²) >= 11 is 7.86. The van der Waals surface area contributed by atoms with Crippen molar-refractivity contribution in [3.8, 4) is 10.6 Å². The second kappa shape index (κ2) is 5.87. The van der Waals surface area contributed by atoms with E-state index in [1.165, 1.54) is 0 Å². The van der Waals surface area contributed by atoms with E-state index in [1.807, 2.05) is 13.8 Å². The van der Waals surface area contributed by atoms with Crippen LogP contribution in [0.3, 0.4) is 0 Å². The van der Waals surface area contributed by atoms with Crippen LogP contribution in [-0.2, 0) is 0 Å². The minimum absolute atomic E-state index is 0.278. The number of hydrogen-bond acceptors (Lipinski definition) is 6. The maximum Gasteiger partial charge on any atom is 0.223 e. The molecule has 0 aromatic carbocycles. The number of halogens is 1. The minimum Gasteiger partial charge on any atom is -0.351 e. The largest absolute Gasteiger partial charge is 0.351 e. The molecule has 2 heterocycles. The Labute approximate surface area is 133 Å². The van der Waals surface area contributed by atoms with Crippen molar-refractivity contribution in [1.82, 2.24) is 15.0 Å². The highest BCUT2D eigenvalue weighted by atomic mass is 35.5. The lowest BCUT2D eigenvalue weighted by molar-refractivity contribution is 0.685. The van der Waals surface area contributed by atoms with Crippen molar-refractivity contribution in [2.24, 2.45) is 5.73 Å². The van der Waals surface area contributed by atoms with Crippen molar-refractivity contribution < 1.29 is 0 Å². The summed E-state index contributed by atoms with van der Waals surface area (Å²) < 4.78 is 0. The second-order valence-corrected chi connectivity index (χ2v) is 7.06. The van der Waals surface area contributed by atoms with Crippen LogP contribution < -0.4 is 11.1 Å². The third-order valence-corrected chi connectivity index (χ3v) is 5.03. The van der Waals surface area contributed by atoms with E-state index in [2.05, 4.69) is 20.3 Å². The molecule has 0 aliphatic heterocycles. The maximum atomic E-state index is 6.26. The number of nitrogens with zero attached hydrogens (tertiary/aromatic N) is 3. The molecule has 1 aliphatic carbocycles. The molecule has 2 atom stereocenters. The molecule has 0 bridgehead atoms. The zero-order chi connectivity index (χ0) is 15.0. The Morgan fingerprint density at radius 3 is 2.76 bits per heavy atom. The van der Waals surface area contributed by atoms with Crippen LogP contribution in [0.25, 0.3) is 10.6 Å². The molecule has 3 rings (SSSR count). The van der Waals surface area contributed by atoms with Gasteiger partial charge in [-0.15, -0.1) is 11.3 Å². The van der Waals surface area contributed by atoms with E-state index >= 15 is 0 Å². The van der Waals surface area contributed by atoms with Crippen LogP contribution in [0.15, 0.2) is 6.20 Å². The molecule has 2 aromatic heterocycles. The number of nitrogens with two attached hydrogens (primary N) is 1. The predicted molar refractivity (Wildman–Crippen MR) is 86.9 cm³/mol. The quantitative estimate of drug-likeness (QED) is 0.907. The number of nitrogens with one attached hydrogen (secondary N) is 1. The lowest BCUT2D eigenvalue weighted by Crippen LogP contribution is -2.21. The van der Waals surface area contributed by atoms with Crippen molar-refractivity contribution in [3.05, 3.63) is 21.9 Å². The second-order valence-electron chi connectivity index (χ2n) is 5.45. The molecule has 5 nitrogen and oxygen atoms in total. The summed E-state index contributed by atoms with van der Waals surface area (Å²) in [5.41, 5.74) is 7.64. The highest BCUT2D eigenvalue weighted by Crippen LogP contribution is 2.33. The Hall–Kier alpha value is -1.24. The molecule has 1 aliphatic rings. The number of aromatic nitrogens is 3. The summed E-state index contributed by atoms with van der Waals surface area (Å²) in [4.78, 5) is 14.3. The molecule has 1 saturated carbocycles. The number of rotatable bonds is 3. The van der Waals surface area contributed by atoms with Crippen molar-refractivity contribution >= 4 is 28.9 Å². The maximum absolute atomic E-state index is 6.26. The first kappa shape index (κ1) is 14.7. The Kier molecular flexibility index (Phi) is 4.10. The van der Waals surface area contributed by atoms with Gasteiger partial charge in [0.2, 0.25) is 5.95 Å². The van der Waals surface area contributed by atoms with E-state index in [9.17, 15) is 0 Å². The van der Waals surface area contributed by atoms with Gasteiger partial charge >= 0.3 is 0 Å². The minimum atomic E-state index is 0.278. The smallest absolute Gasteiger partial charge is 0.223 e. The molecule has 0 saturated heterocycles. The lowest BCUT2D eigenvalue weighted by atomic mass is 10.2. The van der Waals surface area contributed by atoms with Crippen LogP contribution >= 0.6 is 22.9 Å². The molecule has 112 valence electrons. The van der Waals surface area contributed by atoms with Crippen LogP contribution in [0.4, 0.5) is 5.95 Å².